The average Bonchev–Trinajstić information content (AvgIpc) is 3.09. The summed E-state index contributed by atoms with van der Waals surface area (Å²) in [5.41, 5.74) is 1.40. The highest BCUT2D eigenvalue weighted by Crippen LogP contribution is 2.47. The SMILES string of the molecule is CC1([NH2+]CC(O)C2(c3ccc(Cl)c(Cl)c3)CCC2)CC1. The zero-order valence-corrected chi connectivity index (χ0v) is 13.3. The van der Waals surface area contributed by atoms with Gasteiger partial charge < -0.3 is 10.4 Å². The lowest BCUT2D eigenvalue weighted by molar-refractivity contribution is -0.706. The summed E-state index contributed by atoms with van der Waals surface area (Å²) in [5.74, 6) is 0. The van der Waals surface area contributed by atoms with Crippen LogP contribution in [-0.4, -0.2) is 23.3 Å². The lowest BCUT2D eigenvalue weighted by Crippen LogP contribution is -2.93. The minimum atomic E-state index is -0.314. The first kappa shape index (κ1) is 14.6. The van der Waals surface area contributed by atoms with Crippen LogP contribution in [0.5, 0.6) is 0 Å². The summed E-state index contributed by atoms with van der Waals surface area (Å²) in [4.78, 5) is 0. The molecular formula is C16H22Cl2NO+. The van der Waals surface area contributed by atoms with Crippen LogP contribution in [0.25, 0.3) is 0 Å². The average molecular weight is 315 g/mol. The summed E-state index contributed by atoms with van der Waals surface area (Å²) < 4.78 is 0. The fraction of sp³-hybridized carbons (Fsp3) is 0.625. The molecule has 0 saturated heterocycles. The minimum Gasteiger partial charge on any atom is -0.386 e. The van der Waals surface area contributed by atoms with Gasteiger partial charge in [0.2, 0.25) is 0 Å². The predicted octanol–water partition coefficient (Wildman–Crippen LogP) is 2.89. The van der Waals surface area contributed by atoms with Crippen molar-refractivity contribution in [2.75, 3.05) is 6.54 Å². The molecule has 0 radical (unpaired) electrons. The summed E-state index contributed by atoms with van der Waals surface area (Å²) in [5, 5.41) is 14.2. The zero-order valence-electron chi connectivity index (χ0n) is 11.8. The summed E-state index contributed by atoms with van der Waals surface area (Å²) >= 11 is 12.1. The van der Waals surface area contributed by atoms with Gasteiger partial charge in [0.1, 0.15) is 12.6 Å². The molecular weight excluding hydrogens is 293 g/mol. The molecule has 1 atom stereocenters. The van der Waals surface area contributed by atoms with Crippen molar-refractivity contribution in [3.8, 4) is 0 Å². The van der Waals surface area contributed by atoms with Crippen LogP contribution in [0.1, 0.15) is 44.6 Å². The largest absolute Gasteiger partial charge is 0.386 e. The minimum absolute atomic E-state index is 0.115. The molecule has 2 nitrogen and oxygen atoms in total. The van der Waals surface area contributed by atoms with Gasteiger partial charge in [0.25, 0.3) is 0 Å². The van der Waals surface area contributed by atoms with Gasteiger partial charge in [-0.3, -0.25) is 0 Å². The van der Waals surface area contributed by atoms with Gasteiger partial charge in [0.15, 0.2) is 0 Å². The number of quaternary nitrogens is 1. The van der Waals surface area contributed by atoms with Crippen LogP contribution in [0.4, 0.5) is 0 Å². The van der Waals surface area contributed by atoms with E-state index in [4.69, 9.17) is 23.2 Å². The molecule has 110 valence electrons. The number of aliphatic hydroxyl groups is 1. The Balaban J connectivity index is 1.77. The highest BCUT2D eigenvalue weighted by molar-refractivity contribution is 6.42. The Kier molecular flexibility index (Phi) is 3.79. The van der Waals surface area contributed by atoms with Gasteiger partial charge in [0, 0.05) is 18.3 Å². The molecule has 20 heavy (non-hydrogen) atoms. The Hall–Kier alpha value is -0.280. The number of hydrogen-bond acceptors (Lipinski definition) is 1. The van der Waals surface area contributed by atoms with Crippen LogP contribution in [0.2, 0.25) is 10.0 Å². The topological polar surface area (TPSA) is 36.8 Å². The maximum Gasteiger partial charge on any atom is 0.112 e. The summed E-state index contributed by atoms with van der Waals surface area (Å²) in [6, 6.07) is 5.80. The molecule has 0 spiro atoms. The van der Waals surface area contributed by atoms with Crippen molar-refractivity contribution >= 4 is 23.2 Å². The van der Waals surface area contributed by atoms with Gasteiger partial charge in [-0.05, 0) is 37.5 Å². The Labute approximate surface area is 130 Å². The molecule has 1 unspecified atom stereocenters. The van der Waals surface area contributed by atoms with Crippen LogP contribution in [-0.2, 0) is 5.41 Å². The smallest absolute Gasteiger partial charge is 0.112 e. The van der Waals surface area contributed by atoms with Gasteiger partial charge in [-0.25, -0.2) is 0 Å². The first-order valence-electron chi connectivity index (χ1n) is 7.43. The number of aliphatic hydroxyl groups excluding tert-OH is 1. The van der Waals surface area contributed by atoms with E-state index in [9.17, 15) is 5.11 Å². The Morgan fingerprint density at radius 1 is 1.20 bits per heavy atom. The molecule has 0 bridgehead atoms. The van der Waals surface area contributed by atoms with Gasteiger partial charge in [-0.2, -0.15) is 0 Å². The third kappa shape index (κ3) is 2.59. The maximum absolute atomic E-state index is 10.7. The molecule has 2 aliphatic rings. The molecule has 3 N–H and O–H groups in total. The van der Waals surface area contributed by atoms with E-state index in [1.807, 2.05) is 18.2 Å². The Morgan fingerprint density at radius 3 is 2.40 bits per heavy atom. The van der Waals surface area contributed by atoms with Gasteiger partial charge in [-0.1, -0.05) is 35.7 Å². The highest BCUT2D eigenvalue weighted by atomic mass is 35.5. The molecule has 0 aromatic heterocycles. The molecule has 0 amide bonds. The second-order valence-electron chi connectivity index (χ2n) is 6.75. The summed E-state index contributed by atoms with van der Waals surface area (Å²) in [7, 11) is 0. The Morgan fingerprint density at radius 2 is 1.90 bits per heavy atom. The first-order valence-corrected chi connectivity index (χ1v) is 8.19. The van der Waals surface area contributed by atoms with Crippen molar-refractivity contribution in [1.82, 2.24) is 0 Å². The molecule has 0 aliphatic heterocycles. The third-order valence-electron chi connectivity index (χ3n) is 5.25. The fourth-order valence-corrected chi connectivity index (χ4v) is 3.50. The highest BCUT2D eigenvalue weighted by Gasteiger charge is 2.48. The molecule has 0 heterocycles. The monoisotopic (exact) mass is 314 g/mol. The van der Waals surface area contributed by atoms with E-state index >= 15 is 0 Å². The summed E-state index contributed by atoms with van der Waals surface area (Å²) in [6.45, 7) is 3.04. The number of nitrogens with two attached hydrogens (primary N) is 1. The number of halogens is 2. The lowest BCUT2D eigenvalue weighted by atomic mass is 9.61. The van der Waals surface area contributed by atoms with E-state index in [-0.39, 0.29) is 11.5 Å². The van der Waals surface area contributed by atoms with Crippen LogP contribution >= 0.6 is 23.2 Å². The Bertz CT molecular complexity index is 509. The number of benzene rings is 1. The van der Waals surface area contributed by atoms with Crippen LogP contribution in [0, 0.1) is 0 Å². The third-order valence-corrected chi connectivity index (χ3v) is 5.99. The van der Waals surface area contributed by atoms with Crippen molar-refractivity contribution in [2.24, 2.45) is 0 Å². The second kappa shape index (κ2) is 5.17. The fourth-order valence-electron chi connectivity index (χ4n) is 3.20. The van der Waals surface area contributed by atoms with Crippen LogP contribution in [0.15, 0.2) is 18.2 Å². The van der Waals surface area contributed by atoms with Crippen LogP contribution in [0.3, 0.4) is 0 Å². The molecule has 2 fully saturated rings. The zero-order chi connectivity index (χ0) is 14.4. The van der Waals surface area contributed by atoms with Gasteiger partial charge in [-0.15, -0.1) is 0 Å². The summed E-state index contributed by atoms with van der Waals surface area (Å²) in [6.07, 6.45) is 5.46. The molecule has 4 heteroatoms. The van der Waals surface area contributed by atoms with Gasteiger partial charge in [0.05, 0.1) is 15.6 Å². The molecule has 2 saturated carbocycles. The number of hydrogen-bond donors (Lipinski definition) is 2. The molecule has 1 aromatic carbocycles. The first-order chi connectivity index (χ1) is 9.45. The van der Waals surface area contributed by atoms with Crippen molar-refractivity contribution in [2.45, 2.75) is 56.1 Å². The van der Waals surface area contributed by atoms with Crippen molar-refractivity contribution in [3.05, 3.63) is 33.8 Å². The standard InChI is InChI=1S/C16H21Cl2NO/c1-15(7-8-15)19-10-14(20)16(5-2-6-16)11-3-4-12(17)13(18)9-11/h3-4,9,14,19-20H,2,5-8,10H2,1H3/p+1. The van der Waals surface area contributed by atoms with E-state index < -0.39 is 0 Å². The van der Waals surface area contributed by atoms with Crippen molar-refractivity contribution in [3.63, 3.8) is 0 Å². The molecule has 1 aromatic rings. The van der Waals surface area contributed by atoms with E-state index in [1.54, 1.807) is 0 Å². The normalized spacial score (nSPS) is 24.0. The van der Waals surface area contributed by atoms with Gasteiger partial charge >= 0.3 is 0 Å². The van der Waals surface area contributed by atoms with E-state index in [2.05, 4.69) is 12.2 Å². The predicted molar refractivity (Wildman–Crippen MR) is 82.4 cm³/mol. The van der Waals surface area contributed by atoms with E-state index in [1.165, 1.54) is 19.3 Å². The van der Waals surface area contributed by atoms with Crippen molar-refractivity contribution < 1.29 is 10.4 Å². The maximum atomic E-state index is 10.7. The van der Waals surface area contributed by atoms with E-state index in [0.29, 0.717) is 15.6 Å². The van der Waals surface area contributed by atoms with Crippen molar-refractivity contribution in [1.29, 1.82) is 0 Å². The molecule has 2 aliphatic carbocycles. The lowest BCUT2D eigenvalue weighted by Gasteiger charge is -2.45. The number of rotatable bonds is 5. The van der Waals surface area contributed by atoms with E-state index in [0.717, 1.165) is 24.9 Å². The quantitative estimate of drug-likeness (QED) is 0.861. The molecule has 3 rings (SSSR count). The van der Waals surface area contributed by atoms with Crippen LogP contribution < -0.4 is 5.32 Å². The second-order valence-corrected chi connectivity index (χ2v) is 7.56.